The van der Waals surface area contributed by atoms with Crippen molar-refractivity contribution in [2.24, 2.45) is 4.40 Å². The summed E-state index contributed by atoms with van der Waals surface area (Å²) in [5, 5.41) is 10.9. The van der Waals surface area contributed by atoms with E-state index in [4.69, 9.17) is 0 Å². The second kappa shape index (κ2) is 8.94. The summed E-state index contributed by atoms with van der Waals surface area (Å²) in [5.74, 6) is -0.462. The predicted octanol–water partition coefficient (Wildman–Crippen LogP) is 4.20. The van der Waals surface area contributed by atoms with Crippen LogP contribution in [0, 0.1) is 10.1 Å². The number of non-ortho nitro benzene ring substituents is 1. The lowest BCUT2D eigenvalue weighted by Gasteiger charge is -2.12. The summed E-state index contributed by atoms with van der Waals surface area (Å²) in [6.45, 7) is 3.65. The number of carbonyl (C=O) groups excluding carboxylic acids is 1. The number of nitro groups is 1. The van der Waals surface area contributed by atoms with E-state index in [1.54, 1.807) is 18.2 Å². The van der Waals surface area contributed by atoms with Crippen molar-refractivity contribution in [3.63, 3.8) is 0 Å². The molecule has 1 aliphatic heterocycles. The molecule has 154 valence electrons. The number of amidine groups is 1. The molecular weight excluding hydrogens is 494 g/mol. The molecule has 1 amide bonds. The van der Waals surface area contributed by atoms with Crippen molar-refractivity contribution in [2.75, 3.05) is 6.54 Å². The van der Waals surface area contributed by atoms with Gasteiger partial charge in [0.05, 0.1) is 14.7 Å². The number of halogens is 1. The molecule has 0 N–H and O–H groups in total. The van der Waals surface area contributed by atoms with E-state index in [1.165, 1.54) is 47.4 Å². The molecule has 0 atom stereocenters. The average molecular weight is 508 g/mol. The van der Waals surface area contributed by atoms with Crippen molar-refractivity contribution < 1.29 is 18.1 Å². The van der Waals surface area contributed by atoms with Gasteiger partial charge in [0, 0.05) is 23.2 Å². The van der Waals surface area contributed by atoms with Crippen LogP contribution in [0.25, 0.3) is 6.08 Å². The lowest BCUT2D eigenvalue weighted by Crippen LogP contribution is -2.29. The molecule has 0 spiro atoms. The van der Waals surface area contributed by atoms with Crippen LogP contribution in [0.5, 0.6) is 0 Å². The van der Waals surface area contributed by atoms with Crippen LogP contribution >= 0.6 is 27.7 Å². The number of hydrogen-bond acceptors (Lipinski definition) is 6. The predicted molar refractivity (Wildman–Crippen MR) is 119 cm³/mol. The molecule has 0 saturated carbocycles. The van der Waals surface area contributed by atoms with Crippen molar-refractivity contribution in [2.45, 2.75) is 4.90 Å². The Kier molecular flexibility index (Phi) is 6.54. The number of nitrogens with zero attached hydrogens (tertiary/aromatic N) is 3. The molecule has 3 rings (SSSR count). The van der Waals surface area contributed by atoms with Crippen LogP contribution < -0.4 is 0 Å². The van der Waals surface area contributed by atoms with E-state index in [2.05, 4.69) is 26.9 Å². The summed E-state index contributed by atoms with van der Waals surface area (Å²) in [6, 6.07) is 11.7. The van der Waals surface area contributed by atoms with E-state index in [1.807, 2.05) is 0 Å². The van der Waals surface area contributed by atoms with E-state index >= 15 is 0 Å². The summed E-state index contributed by atoms with van der Waals surface area (Å²) in [5.41, 5.74) is 0.324. The fraction of sp³-hybridized carbons (Fsp3) is 0.0526. The van der Waals surface area contributed by atoms with E-state index in [0.29, 0.717) is 5.56 Å². The van der Waals surface area contributed by atoms with E-state index in [-0.39, 0.29) is 27.2 Å². The van der Waals surface area contributed by atoms with Gasteiger partial charge in [-0.3, -0.25) is 19.8 Å². The molecule has 0 aromatic heterocycles. The van der Waals surface area contributed by atoms with E-state index in [0.717, 1.165) is 16.2 Å². The fourth-order valence-corrected chi connectivity index (χ4v) is 4.96. The van der Waals surface area contributed by atoms with Gasteiger partial charge in [-0.05, 0) is 47.7 Å². The van der Waals surface area contributed by atoms with Gasteiger partial charge in [0.2, 0.25) is 0 Å². The molecule has 1 fully saturated rings. The van der Waals surface area contributed by atoms with Gasteiger partial charge in [0.15, 0.2) is 5.17 Å². The number of hydrogen-bond donors (Lipinski definition) is 0. The number of amides is 1. The molecule has 0 radical (unpaired) electrons. The second-order valence-electron chi connectivity index (χ2n) is 5.97. The number of sulfonamides is 1. The van der Waals surface area contributed by atoms with Crippen molar-refractivity contribution in [1.82, 2.24) is 4.90 Å². The Balaban J connectivity index is 1.99. The lowest BCUT2D eigenvalue weighted by molar-refractivity contribution is -0.384. The molecule has 0 aliphatic carbocycles. The van der Waals surface area contributed by atoms with Crippen molar-refractivity contribution in [1.29, 1.82) is 0 Å². The maximum Gasteiger partial charge on any atom is 0.284 e. The lowest BCUT2D eigenvalue weighted by atomic mass is 10.2. The smallest absolute Gasteiger partial charge is 0.282 e. The summed E-state index contributed by atoms with van der Waals surface area (Å²) in [6.07, 6.45) is 2.92. The Bertz CT molecular complexity index is 1190. The standard InChI is InChI=1S/C19H14BrN3O5S2/c1-2-10-22-18(24)17(12-13-4-3-5-15(11-13)23(25)26)29-19(22)21-30(27,28)16-8-6-14(20)7-9-16/h2-9,11-12H,1,10H2/b17-12-,21-19+. The van der Waals surface area contributed by atoms with Gasteiger partial charge in [-0.25, -0.2) is 0 Å². The Morgan fingerprint density at radius 3 is 2.57 bits per heavy atom. The number of rotatable bonds is 6. The normalized spacial score (nSPS) is 17.0. The first kappa shape index (κ1) is 21.9. The zero-order valence-corrected chi connectivity index (χ0v) is 18.5. The van der Waals surface area contributed by atoms with Crippen molar-refractivity contribution >= 4 is 60.6 Å². The van der Waals surface area contributed by atoms with E-state index < -0.39 is 20.9 Å². The first-order valence-electron chi connectivity index (χ1n) is 8.38. The number of carbonyl (C=O) groups is 1. The summed E-state index contributed by atoms with van der Waals surface area (Å²) < 4.78 is 29.9. The number of thioether (sulfide) groups is 1. The quantitative estimate of drug-likeness (QED) is 0.250. The second-order valence-corrected chi connectivity index (χ2v) is 9.50. The van der Waals surface area contributed by atoms with Crippen LogP contribution in [0.3, 0.4) is 0 Å². The highest BCUT2D eigenvalue weighted by Crippen LogP contribution is 2.34. The minimum atomic E-state index is -4.05. The first-order valence-corrected chi connectivity index (χ1v) is 11.4. The Morgan fingerprint density at radius 2 is 1.93 bits per heavy atom. The van der Waals surface area contributed by atoms with Crippen molar-refractivity contribution in [3.8, 4) is 0 Å². The third kappa shape index (κ3) is 4.86. The van der Waals surface area contributed by atoms with Gasteiger partial charge in [-0.2, -0.15) is 8.42 Å². The minimum Gasteiger partial charge on any atom is -0.282 e. The molecule has 2 aromatic rings. The molecule has 2 aromatic carbocycles. The molecule has 11 heteroatoms. The minimum absolute atomic E-state index is 0.0130. The van der Waals surface area contributed by atoms with Crippen LogP contribution in [-0.2, 0) is 14.8 Å². The van der Waals surface area contributed by atoms with E-state index in [9.17, 15) is 23.3 Å². The Morgan fingerprint density at radius 1 is 1.23 bits per heavy atom. The molecular formula is C19H14BrN3O5S2. The van der Waals surface area contributed by atoms with Gasteiger partial charge in [0.1, 0.15) is 0 Å². The van der Waals surface area contributed by atoms with Crippen LogP contribution in [0.1, 0.15) is 5.56 Å². The molecule has 30 heavy (non-hydrogen) atoms. The summed E-state index contributed by atoms with van der Waals surface area (Å²) in [4.78, 5) is 24.6. The molecule has 1 saturated heterocycles. The van der Waals surface area contributed by atoms with Gasteiger partial charge < -0.3 is 0 Å². The van der Waals surface area contributed by atoms with Crippen LogP contribution in [-0.4, -0.2) is 35.9 Å². The highest BCUT2D eigenvalue weighted by molar-refractivity contribution is 9.10. The highest BCUT2D eigenvalue weighted by Gasteiger charge is 2.34. The van der Waals surface area contributed by atoms with Gasteiger partial charge in [-0.1, -0.05) is 34.1 Å². The van der Waals surface area contributed by atoms with Gasteiger partial charge in [0.25, 0.3) is 21.6 Å². The molecule has 8 nitrogen and oxygen atoms in total. The number of benzene rings is 2. The molecule has 1 aliphatic rings. The topological polar surface area (TPSA) is 110 Å². The van der Waals surface area contributed by atoms with Crippen LogP contribution in [0.4, 0.5) is 5.69 Å². The fourth-order valence-electron chi connectivity index (χ4n) is 2.51. The van der Waals surface area contributed by atoms with Gasteiger partial charge >= 0.3 is 0 Å². The molecule has 0 bridgehead atoms. The summed E-state index contributed by atoms with van der Waals surface area (Å²) >= 11 is 4.13. The monoisotopic (exact) mass is 507 g/mol. The average Bonchev–Trinajstić information content (AvgIpc) is 2.97. The first-order chi connectivity index (χ1) is 14.2. The SMILES string of the molecule is C=CCN1C(=O)/C(=C/c2cccc([N+](=O)[O-])c2)S/C1=N/S(=O)(=O)c1ccc(Br)cc1. The Hall–Kier alpha value is -2.76. The van der Waals surface area contributed by atoms with Crippen molar-refractivity contribution in [3.05, 3.63) is 86.2 Å². The van der Waals surface area contributed by atoms with Gasteiger partial charge in [-0.15, -0.1) is 11.0 Å². The zero-order valence-electron chi connectivity index (χ0n) is 15.3. The highest BCUT2D eigenvalue weighted by atomic mass is 79.9. The van der Waals surface area contributed by atoms with Crippen LogP contribution in [0.15, 0.2) is 79.9 Å². The maximum atomic E-state index is 12.8. The zero-order chi connectivity index (χ0) is 21.9. The maximum absolute atomic E-state index is 12.8. The third-order valence-electron chi connectivity index (χ3n) is 3.89. The molecule has 1 heterocycles. The number of nitro benzene ring substituents is 1. The summed E-state index contributed by atoms with van der Waals surface area (Å²) in [7, 11) is -4.05. The largest absolute Gasteiger partial charge is 0.284 e. The third-order valence-corrected chi connectivity index (χ3v) is 6.82. The van der Waals surface area contributed by atoms with Crippen LogP contribution in [0.2, 0.25) is 0 Å². The molecule has 0 unspecified atom stereocenters. The Labute approximate surface area is 185 Å².